The molecule has 1 heterocycles. The van der Waals surface area contributed by atoms with E-state index in [1.54, 1.807) is 13.0 Å². The Balaban J connectivity index is 2.10. The van der Waals surface area contributed by atoms with Gasteiger partial charge in [-0.1, -0.05) is 12.1 Å². The Morgan fingerprint density at radius 3 is 2.70 bits per heavy atom. The van der Waals surface area contributed by atoms with E-state index in [1.165, 1.54) is 43.7 Å². The van der Waals surface area contributed by atoms with Gasteiger partial charge in [0.15, 0.2) is 6.61 Å². The van der Waals surface area contributed by atoms with Gasteiger partial charge >= 0.3 is 6.18 Å². The van der Waals surface area contributed by atoms with E-state index < -0.39 is 36.3 Å². The zero-order valence-electron chi connectivity index (χ0n) is 14.6. The molecule has 1 aromatic carbocycles. The second kappa shape index (κ2) is 8.11. The Hall–Kier alpha value is -3.04. The lowest BCUT2D eigenvalue weighted by Crippen LogP contribution is -2.67. The van der Waals surface area contributed by atoms with Crippen LogP contribution in [0.3, 0.4) is 0 Å². The zero-order chi connectivity index (χ0) is 20.1. The van der Waals surface area contributed by atoms with Crippen molar-refractivity contribution in [2.45, 2.75) is 31.7 Å². The molecular formula is C17H19F3N4O3. The molecule has 1 aliphatic heterocycles. The molecule has 7 nitrogen and oxygen atoms in total. The number of hydrogen-bond donors (Lipinski definition) is 3. The zero-order valence-corrected chi connectivity index (χ0v) is 14.6. The normalized spacial score (nSPS) is 19.7. The summed E-state index contributed by atoms with van der Waals surface area (Å²) in [5.41, 5.74) is -1.02. The first-order chi connectivity index (χ1) is 12.6. The third kappa shape index (κ3) is 5.73. The number of nitrogens with zero attached hydrogens (tertiary/aromatic N) is 1. The topological polar surface area (TPSA) is 91.8 Å². The molecule has 1 aliphatic rings. The summed E-state index contributed by atoms with van der Waals surface area (Å²) in [6.07, 6.45) is -0.372. The van der Waals surface area contributed by atoms with Gasteiger partial charge in [0, 0.05) is 19.3 Å². The molecule has 0 aliphatic carbocycles. The van der Waals surface area contributed by atoms with Crippen molar-refractivity contribution in [2.24, 2.45) is 4.99 Å². The van der Waals surface area contributed by atoms with Gasteiger partial charge in [0.2, 0.25) is 11.6 Å². The first-order valence-electron chi connectivity index (χ1n) is 7.97. The Labute approximate surface area is 153 Å². The van der Waals surface area contributed by atoms with Crippen LogP contribution in [0.25, 0.3) is 0 Å². The van der Waals surface area contributed by atoms with Crippen molar-refractivity contribution in [1.82, 2.24) is 16.0 Å². The third-order valence-electron chi connectivity index (χ3n) is 3.58. The second-order valence-corrected chi connectivity index (χ2v) is 5.90. The molecule has 0 radical (unpaired) electrons. The van der Waals surface area contributed by atoms with E-state index in [0.29, 0.717) is 5.56 Å². The summed E-state index contributed by atoms with van der Waals surface area (Å²) in [6.45, 7) is 1.50. The van der Waals surface area contributed by atoms with Gasteiger partial charge in [-0.15, -0.1) is 0 Å². The van der Waals surface area contributed by atoms with Crippen molar-refractivity contribution in [3.8, 4) is 5.75 Å². The van der Waals surface area contributed by atoms with E-state index in [2.05, 4.69) is 20.9 Å². The predicted octanol–water partition coefficient (Wildman–Crippen LogP) is 1.78. The SMILES string of the molecule is CC(=O)NC1(C(=O)NC(C)c2cccc(OCC(F)(F)F)c2)C=NC=CN1. The van der Waals surface area contributed by atoms with Crippen LogP contribution >= 0.6 is 0 Å². The predicted molar refractivity (Wildman–Crippen MR) is 91.9 cm³/mol. The average Bonchev–Trinajstić information content (AvgIpc) is 2.59. The van der Waals surface area contributed by atoms with Crippen LogP contribution in [0.15, 0.2) is 41.7 Å². The van der Waals surface area contributed by atoms with Gasteiger partial charge in [-0.3, -0.25) is 14.6 Å². The maximum Gasteiger partial charge on any atom is 0.422 e. The molecule has 3 N–H and O–H groups in total. The van der Waals surface area contributed by atoms with Gasteiger partial charge in [0.05, 0.1) is 12.3 Å². The molecule has 146 valence electrons. The van der Waals surface area contributed by atoms with Crippen molar-refractivity contribution >= 4 is 18.0 Å². The summed E-state index contributed by atoms with van der Waals surface area (Å²) in [6, 6.07) is 5.39. The third-order valence-corrected chi connectivity index (χ3v) is 3.58. The highest BCUT2D eigenvalue weighted by Crippen LogP contribution is 2.22. The Morgan fingerprint density at radius 1 is 1.37 bits per heavy atom. The summed E-state index contributed by atoms with van der Waals surface area (Å²) in [5.74, 6) is -1.00. The largest absolute Gasteiger partial charge is 0.484 e. The number of nitrogens with one attached hydrogen (secondary N) is 3. The quantitative estimate of drug-likeness (QED) is 0.697. The molecule has 2 atom stereocenters. The monoisotopic (exact) mass is 384 g/mol. The average molecular weight is 384 g/mol. The highest BCUT2D eigenvalue weighted by molar-refractivity contribution is 6.06. The van der Waals surface area contributed by atoms with E-state index in [-0.39, 0.29) is 5.75 Å². The van der Waals surface area contributed by atoms with Crippen LogP contribution in [0.1, 0.15) is 25.5 Å². The van der Waals surface area contributed by atoms with E-state index >= 15 is 0 Å². The van der Waals surface area contributed by atoms with Gasteiger partial charge in [0.25, 0.3) is 5.91 Å². The van der Waals surface area contributed by atoms with E-state index in [0.717, 1.165) is 0 Å². The minimum atomic E-state index is -4.44. The highest BCUT2D eigenvalue weighted by Gasteiger charge is 2.38. The molecule has 0 saturated heterocycles. The number of alkyl halides is 3. The van der Waals surface area contributed by atoms with Crippen LogP contribution in [0, 0.1) is 0 Å². The first-order valence-corrected chi connectivity index (χ1v) is 7.97. The Morgan fingerprint density at radius 2 is 2.11 bits per heavy atom. The maximum absolute atomic E-state index is 12.7. The number of benzene rings is 1. The molecule has 27 heavy (non-hydrogen) atoms. The molecule has 0 spiro atoms. The van der Waals surface area contributed by atoms with Crippen LogP contribution in [-0.4, -0.2) is 36.5 Å². The Bertz CT molecular complexity index is 764. The van der Waals surface area contributed by atoms with Crippen molar-refractivity contribution in [1.29, 1.82) is 0 Å². The number of rotatable bonds is 6. The van der Waals surface area contributed by atoms with Crippen molar-refractivity contribution < 1.29 is 27.5 Å². The van der Waals surface area contributed by atoms with Crippen molar-refractivity contribution in [3.63, 3.8) is 0 Å². The van der Waals surface area contributed by atoms with Crippen LogP contribution in [0.2, 0.25) is 0 Å². The van der Waals surface area contributed by atoms with Crippen LogP contribution < -0.4 is 20.7 Å². The maximum atomic E-state index is 12.7. The summed E-state index contributed by atoms with van der Waals surface area (Å²) in [4.78, 5) is 28.0. The number of halogens is 3. The number of carbonyl (C=O) groups is 2. The molecule has 2 unspecified atom stereocenters. The molecule has 2 rings (SSSR count). The molecule has 1 aromatic rings. The van der Waals surface area contributed by atoms with E-state index in [1.807, 2.05) is 0 Å². The minimum Gasteiger partial charge on any atom is -0.484 e. The van der Waals surface area contributed by atoms with Gasteiger partial charge < -0.3 is 20.7 Å². The van der Waals surface area contributed by atoms with Gasteiger partial charge in [-0.05, 0) is 24.6 Å². The number of amides is 2. The van der Waals surface area contributed by atoms with Gasteiger partial charge in [-0.25, -0.2) is 0 Å². The van der Waals surface area contributed by atoms with Gasteiger partial charge in [0.1, 0.15) is 5.75 Å². The summed E-state index contributed by atoms with van der Waals surface area (Å²) >= 11 is 0. The van der Waals surface area contributed by atoms with Gasteiger partial charge in [-0.2, -0.15) is 13.2 Å². The van der Waals surface area contributed by atoms with Crippen LogP contribution in [-0.2, 0) is 9.59 Å². The molecular weight excluding hydrogens is 365 g/mol. The summed E-state index contributed by atoms with van der Waals surface area (Å²) in [5, 5.41) is 7.93. The smallest absolute Gasteiger partial charge is 0.422 e. The Kier molecular flexibility index (Phi) is 6.09. The molecule has 0 saturated carbocycles. The lowest BCUT2D eigenvalue weighted by molar-refractivity contribution is -0.153. The van der Waals surface area contributed by atoms with Crippen molar-refractivity contribution in [2.75, 3.05) is 6.61 Å². The number of ether oxygens (including phenoxy) is 1. The molecule has 0 fully saturated rings. The van der Waals surface area contributed by atoms with E-state index in [4.69, 9.17) is 4.74 Å². The molecule has 2 amide bonds. The standard InChI is InChI=1S/C17H19F3N4O3/c1-11(13-4-3-5-14(8-13)27-10-17(18,19)20)23-15(26)16(24-12(2)25)9-21-6-7-22-16/h3-9,11,22H,10H2,1-2H3,(H,23,26)(H,24,25). The molecule has 0 aromatic heterocycles. The lowest BCUT2D eigenvalue weighted by Gasteiger charge is -2.32. The fraction of sp³-hybridized carbons (Fsp3) is 0.353. The summed E-state index contributed by atoms with van der Waals surface area (Å²) < 4.78 is 41.6. The van der Waals surface area contributed by atoms with Crippen molar-refractivity contribution in [3.05, 3.63) is 42.2 Å². The number of carbonyl (C=O) groups excluding carboxylic acids is 2. The summed E-state index contributed by atoms with van der Waals surface area (Å²) in [7, 11) is 0. The first kappa shape index (κ1) is 20.3. The highest BCUT2D eigenvalue weighted by atomic mass is 19.4. The lowest BCUT2D eigenvalue weighted by atomic mass is 10.1. The molecule has 10 heteroatoms. The fourth-order valence-corrected chi connectivity index (χ4v) is 2.36. The molecule has 0 bridgehead atoms. The second-order valence-electron chi connectivity index (χ2n) is 5.90. The minimum absolute atomic E-state index is 0.0304. The number of hydrogen-bond acceptors (Lipinski definition) is 5. The van der Waals surface area contributed by atoms with Crippen LogP contribution in [0.5, 0.6) is 5.75 Å². The van der Waals surface area contributed by atoms with Crippen LogP contribution in [0.4, 0.5) is 13.2 Å². The fourth-order valence-electron chi connectivity index (χ4n) is 2.36. The van der Waals surface area contributed by atoms with E-state index in [9.17, 15) is 22.8 Å². The number of aliphatic imine (C=N–C) groups is 1.